The van der Waals surface area contributed by atoms with E-state index in [1.165, 1.54) is 31.7 Å². The summed E-state index contributed by atoms with van der Waals surface area (Å²) < 4.78 is 56.9. The van der Waals surface area contributed by atoms with E-state index >= 15 is 0 Å². The number of benzene rings is 1. The van der Waals surface area contributed by atoms with Crippen LogP contribution in [0, 0.1) is 5.82 Å². The SMILES string of the molecule is CCCCCCCCOc1ccc(-c2noc(C3CCCN3)n2)cc1F.O=C(O)C(F)(F)F. The molecule has 1 unspecified atom stereocenters. The molecular formula is C22H29F4N3O4. The number of hydrogen-bond acceptors (Lipinski definition) is 6. The minimum absolute atomic E-state index is 0.112. The number of aromatic nitrogens is 2. The lowest BCUT2D eigenvalue weighted by molar-refractivity contribution is -0.192. The molecule has 184 valence electrons. The highest BCUT2D eigenvalue weighted by Crippen LogP contribution is 2.27. The van der Waals surface area contributed by atoms with E-state index in [1.807, 2.05) is 0 Å². The van der Waals surface area contributed by atoms with Crippen molar-refractivity contribution in [2.45, 2.75) is 70.5 Å². The van der Waals surface area contributed by atoms with Gasteiger partial charge in [0.05, 0.1) is 12.6 Å². The van der Waals surface area contributed by atoms with Gasteiger partial charge in [0.2, 0.25) is 11.7 Å². The van der Waals surface area contributed by atoms with Gasteiger partial charge in [0, 0.05) is 5.56 Å². The van der Waals surface area contributed by atoms with Crippen LogP contribution < -0.4 is 10.1 Å². The van der Waals surface area contributed by atoms with E-state index < -0.39 is 12.1 Å². The summed E-state index contributed by atoms with van der Waals surface area (Å²) in [5.74, 6) is -1.88. The molecule has 2 N–H and O–H groups in total. The van der Waals surface area contributed by atoms with Crippen molar-refractivity contribution in [2.75, 3.05) is 13.2 Å². The third kappa shape index (κ3) is 8.99. The molecule has 2 heterocycles. The van der Waals surface area contributed by atoms with Crippen molar-refractivity contribution in [3.8, 4) is 17.1 Å². The first-order valence-electron chi connectivity index (χ1n) is 11.0. The smallest absolute Gasteiger partial charge is 0.490 e. The first kappa shape index (κ1) is 26.6. The largest absolute Gasteiger partial charge is 0.491 e. The molecule has 1 aliphatic rings. The Kier molecular flexibility index (Phi) is 10.6. The van der Waals surface area contributed by atoms with Gasteiger partial charge in [0.1, 0.15) is 0 Å². The molecule has 0 spiro atoms. The highest BCUT2D eigenvalue weighted by Gasteiger charge is 2.38. The lowest BCUT2D eigenvalue weighted by atomic mass is 10.1. The maximum absolute atomic E-state index is 14.3. The van der Waals surface area contributed by atoms with Gasteiger partial charge in [-0.25, -0.2) is 9.18 Å². The molecule has 3 rings (SSSR count). The van der Waals surface area contributed by atoms with E-state index in [4.69, 9.17) is 19.2 Å². The summed E-state index contributed by atoms with van der Waals surface area (Å²) >= 11 is 0. The second-order valence-electron chi connectivity index (χ2n) is 7.67. The van der Waals surface area contributed by atoms with Crippen molar-refractivity contribution >= 4 is 5.97 Å². The molecule has 1 saturated heterocycles. The van der Waals surface area contributed by atoms with Gasteiger partial charge in [0.15, 0.2) is 11.6 Å². The Bertz CT molecular complexity index is 868. The first-order chi connectivity index (χ1) is 15.7. The second-order valence-corrected chi connectivity index (χ2v) is 7.67. The second kappa shape index (κ2) is 13.1. The monoisotopic (exact) mass is 475 g/mol. The molecule has 33 heavy (non-hydrogen) atoms. The van der Waals surface area contributed by atoms with Crippen molar-refractivity contribution < 1.29 is 36.7 Å². The molecule has 0 aliphatic carbocycles. The summed E-state index contributed by atoms with van der Waals surface area (Å²) in [7, 11) is 0. The van der Waals surface area contributed by atoms with Crippen molar-refractivity contribution in [2.24, 2.45) is 0 Å². The zero-order chi connectivity index (χ0) is 24.3. The Morgan fingerprint density at radius 1 is 1.24 bits per heavy atom. The third-order valence-electron chi connectivity index (χ3n) is 4.99. The number of alkyl halides is 3. The summed E-state index contributed by atoms with van der Waals surface area (Å²) in [5.41, 5.74) is 0.599. The molecular weight excluding hydrogens is 446 g/mol. The van der Waals surface area contributed by atoms with E-state index in [1.54, 1.807) is 12.1 Å². The topological polar surface area (TPSA) is 97.5 Å². The minimum Gasteiger partial charge on any atom is -0.491 e. The van der Waals surface area contributed by atoms with Crippen LogP contribution in [0.1, 0.15) is 70.2 Å². The quantitative estimate of drug-likeness (QED) is 0.337. The van der Waals surface area contributed by atoms with Gasteiger partial charge in [-0.2, -0.15) is 18.2 Å². The van der Waals surface area contributed by atoms with E-state index in [0.29, 0.717) is 23.9 Å². The zero-order valence-electron chi connectivity index (χ0n) is 18.5. The zero-order valence-corrected chi connectivity index (χ0v) is 18.5. The van der Waals surface area contributed by atoms with Gasteiger partial charge < -0.3 is 19.7 Å². The van der Waals surface area contributed by atoms with Crippen LogP contribution in [0.4, 0.5) is 17.6 Å². The number of carboxylic acid groups (broad SMARTS) is 1. The Morgan fingerprint density at radius 2 is 1.94 bits per heavy atom. The number of carbonyl (C=O) groups is 1. The maximum atomic E-state index is 14.3. The fourth-order valence-corrected chi connectivity index (χ4v) is 3.21. The van der Waals surface area contributed by atoms with Crippen LogP contribution in [0.5, 0.6) is 5.75 Å². The van der Waals surface area contributed by atoms with Gasteiger partial charge in [-0.05, 0) is 44.0 Å². The Balaban J connectivity index is 0.000000479. The van der Waals surface area contributed by atoms with Gasteiger partial charge in [-0.1, -0.05) is 44.2 Å². The molecule has 2 aromatic rings. The van der Waals surface area contributed by atoms with Crippen LogP contribution >= 0.6 is 0 Å². The van der Waals surface area contributed by atoms with Crippen molar-refractivity contribution in [1.29, 1.82) is 0 Å². The van der Waals surface area contributed by atoms with Crippen LogP contribution in [0.25, 0.3) is 11.4 Å². The lowest BCUT2D eigenvalue weighted by Crippen LogP contribution is -2.21. The van der Waals surface area contributed by atoms with Gasteiger partial charge >= 0.3 is 12.1 Å². The number of ether oxygens (including phenoxy) is 1. The highest BCUT2D eigenvalue weighted by molar-refractivity contribution is 5.73. The van der Waals surface area contributed by atoms with Crippen molar-refractivity contribution in [3.05, 3.63) is 29.9 Å². The first-order valence-corrected chi connectivity index (χ1v) is 11.0. The van der Waals surface area contributed by atoms with Crippen molar-refractivity contribution in [1.82, 2.24) is 15.5 Å². The van der Waals surface area contributed by atoms with E-state index in [0.717, 1.165) is 32.2 Å². The standard InChI is InChI=1S/C20H28FN3O2.C2HF3O2/c1-2-3-4-5-6-7-13-25-18-11-10-15(14-16(18)21)19-23-20(26-24-19)17-9-8-12-22-17;3-2(4,5)1(6)7/h10-11,14,17,22H,2-9,12-13H2,1H3;(H,6,7). The summed E-state index contributed by atoms with van der Waals surface area (Å²) in [6.45, 7) is 3.71. The van der Waals surface area contributed by atoms with Crippen LogP contribution in [0.2, 0.25) is 0 Å². The predicted octanol–water partition coefficient (Wildman–Crippen LogP) is 5.67. The molecule has 0 amide bonds. The average Bonchev–Trinajstić information content (AvgIpc) is 3.46. The molecule has 1 aromatic carbocycles. The number of rotatable bonds is 10. The molecule has 0 saturated carbocycles. The van der Waals surface area contributed by atoms with Crippen LogP contribution in [0.3, 0.4) is 0 Å². The number of nitrogens with zero attached hydrogens (tertiary/aromatic N) is 2. The van der Waals surface area contributed by atoms with Gasteiger partial charge in [0.25, 0.3) is 0 Å². The normalized spacial score (nSPS) is 15.7. The Labute approximate surface area is 189 Å². The summed E-state index contributed by atoms with van der Waals surface area (Å²) in [6, 6.07) is 4.94. The minimum atomic E-state index is -5.08. The summed E-state index contributed by atoms with van der Waals surface area (Å²) in [4.78, 5) is 13.3. The number of hydrogen-bond donors (Lipinski definition) is 2. The molecule has 1 atom stereocenters. The Morgan fingerprint density at radius 3 is 2.55 bits per heavy atom. The van der Waals surface area contributed by atoms with Crippen LogP contribution in [0.15, 0.2) is 22.7 Å². The molecule has 1 fully saturated rings. The molecule has 7 nitrogen and oxygen atoms in total. The Hall–Kier alpha value is -2.69. The fourth-order valence-electron chi connectivity index (χ4n) is 3.21. The summed E-state index contributed by atoms with van der Waals surface area (Å²) in [5, 5.41) is 14.4. The molecule has 1 aliphatic heterocycles. The lowest BCUT2D eigenvalue weighted by Gasteiger charge is -2.08. The van der Waals surface area contributed by atoms with Crippen molar-refractivity contribution in [3.63, 3.8) is 0 Å². The molecule has 0 radical (unpaired) electrons. The number of nitrogens with one attached hydrogen (secondary N) is 1. The van der Waals surface area contributed by atoms with E-state index in [2.05, 4.69) is 22.4 Å². The van der Waals surface area contributed by atoms with Gasteiger partial charge in [-0.15, -0.1) is 0 Å². The third-order valence-corrected chi connectivity index (χ3v) is 4.99. The van der Waals surface area contributed by atoms with E-state index in [9.17, 15) is 17.6 Å². The predicted molar refractivity (Wildman–Crippen MR) is 112 cm³/mol. The van der Waals surface area contributed by atoms with Crippen LogP contribution in [-0.2, 0) is 4.79 Å². The number of unbranched alkanes of at least 4 members (excludes halogenated alkanes) is 5. The highest BCUT2D eigenvalue weighted by atomic mass is 19.4. The van der Waals surface area contributed by atoms with E-state index in [-0.39, 0.29) is 17.6 Å². The maximum Gasteiger partial charge on any atom is 0.490 e. The number of aliphatic carboxylic acids is 1. The number of halogens is 4. The average molecular weight is 475 g/mol. The van der Waals surface area contributed by atoms with Crippen LogP contribution in [-0.4, -0.2) is 40.5 Å². The molecule has 11 heteroatoms. The molecule has 0 bridgehead atoms. The fraction of sp³-hybridized carbons (Fsp3) is 0.591. The summed E-state index contributed by atoms with van der Waals surface area (Å²) in [6.07, 6.45) is 4.09. The van der Waals surface area contributed by atoms with Gasteiger partial charge in [-0.3, -0.25) is 0 Å². The molecule has 1 aromatic heterocycles. The number of carboxylic acids is 1.